The van der Waals surface area contributed by atoms with Crippen LogP contribution < -0.4 is 4.74 Å². The van der Waals surface area contributed by atoms with Crippen LogP contribution in [-0.4, -0.2) is 23.0 Å². The number of para-hydroxylation sites is 2. The Balaban J connectivity index is 0.000000179. The van der Waals surface area contributed by atoms with Gasteiger partial charge in [-0.2, -0.15) is 0 Å². The van der Waals surface area contributed by atoms with E-state index in [1.165, 1.54) is 37.8 Å². The van der Waals surface area contributed by atoms with Crippen LogP contribution in [0.3, 0.4) is 0 Å². The van der Waals surface area contributed by atoms with Crippen LogP contribution in [-0.2, 0) is 30.6 Å². The number of rotatable bonds is 8. The van der Waals surface area contributed by atoms with Gasteiger partial charge in [0.2, 0.25) is 9.79 Å². The first-order chi connectivity index (χ1) is 28.1. The van der Waals surface area contributed by atoms with Crippen molar-refractivity contribution in [3.05, 3.63) is 144 Å². The second-order valence-electron chi connectivity index (χ2n) is 17.2. The predicted molar refractivity (Wildman–Crippen MR) is 245 cm³/mol. The first kappa shape index (κ1) is 46.9. The predicted octanol–water partition coefficient (Wildman–Crippen LogP) is 14.4. The number of carbonyl (C=O) groups is 2. The van der Waals surface area contributed by atoms with Crippen LogP contribution >= 0.6 is 0 Å². The number of phenols is 1. The summed E-state index contributed by atoms with van der Waals surface area (Å²) in [6, 6.07) is 43.8. The highest BCUT2D eigenvalue weighted by molar-refractivity contribution is 7.97. The number of carbonyl (C=O) groups excluding carboxylic acids is 2. The van der Waals surface area contributed by atoms with Crippen LogP contribution in [0.15, 0.2) is 142 Å². The molecule has 0 radical (unpaired) electrons. The van der Waals surface area contributed by atoms with Crippen LogP contribution in [0, 0.1) is 5.41 Å². The lowest BCUT2D eigenvalue weighted by Crippen LogP contribution is -2.31. The van der Waals surface area contributed by atoms with Gasteiger partial charge in [0.05, 0.1) is 5.41 Å². The van der Waals surface area contributed by atoms with Gasteiger partial charge in [-0.05, 0) is 128 Å². The van der Waals surface area contributed by atoms with Crippen molar-refractivity contribution in [2.75, 3.05) is 0 Å². The zero-order valence-corrected chi connectivity index (χ0v) is 37.9. The lowest BCUT2D eigenvalue weighted by Gasteiger charge is -2.22. The first-order valence-corrected chi connectivity index (χ1v) is 22.6. The topological polar surface area (TPSA) is 72.8 Å². The van der Waals surface area contributed by atoms with E-state index in [4.69, 9.17) is 14.6 Å². The lowest BCUT2D eigenvalue weighted by molar-refractivity contribution is -0.162. The SMILES string of the molecule is CCC(C)(C)C(=O)OC1CCCC1=O.CCC(C)c1ccc(C(C)(C)C)cc1.CCC(C)c1ccc(O)cc1.c1ccc([S+]2c3ccccc3Oc3ccccc32)cc1. The van der Waals surface area contributed by atoms with Gasteiger partial charge in [-0.15, -0.1) is 0 Å². The van der Waals surface area contributed by atoms with Crippen molar-refractivity contribution in [2.24, 2.45) is 5.41 Å². The summed E-state index contributed by atoms with van der Waals surface area (Å²) in [6.07, 6.45) is 4.73. The maximum atomic E-state index is 11.6. The third-order valence-corrected chi connectivity index (χ3v) is 13.6. The monoisotopic (exact) mass is 815 g/mol. The van der Waals surface area contributed by atoms with Gasteiger partial charge >= 0.3 is 5.97 Å². The molecule has 0 aromatic heterocycles. The largest absolute Gasteiger partial charge is 0.508 e. The summed E-state index contributed by atoms with van der Waals surface area (Å²) in [6.45, 7) is 21.3. The fourth-order valence-corrected chi connectivity index (χ4v) is 8.61. The molecule has 5 nitrogen and oxygen atoms in total. The molecule has 1 fully saturated rings. The number of hydrogen-bond donors (Lipinski definition) is 1. The lowest BCUT2D eigenvalue weighted by atomic mass is 9.85. The molecule has 1 heterocycles. The van der Waals surface area contributed by atoms with Gasteiger partial charge in [0, 0.05) is 6.42 Å². The second-order valence-corrected chi connectivity index (χ2v) is 19.2. The van der Waals surface area contributed by atoms with Crippen LogP contribution in [0.4, 0.5) is 0 Å². The normalized spacial score (nSPS) is 15.6. The van der Waals surface area contributed by atoms with Gasteiger partial charge in [-0.3, -0.25) is 9.59 Å². The number of aromatic hydroxyl groups is 1. The van der Waals surface area contributed by atoms with Crippen LogP contribution in [0.1, 0.15) is 136 Å². The number of hydrogen-bond acceptors (Lipinski definition) is 5. The minimum atomic E-state index is -0.469. The number of benzene rings is 5. The highest BCUT2D eigenvalue weighted by Gasteiger charge is 2.38. The molecule has 2 aliphatic rings. The average Bonchev–Trinajstić information content (AvgIpc) is 3.66. The van der Waals surface area contributed by atoms with E-state index in [9.17, 15) is 9.59 Å². The summed E-state index contributed by atoms with van der Waals surface area (Å²) in [7, 11) is -0.0829. The molecule has 1 aliphatic heterocycles. The van der Waals surface area contributed by atoms with E-state index >= 15 is 0 Å². The molecule has 5 aromatic carbocycles. The fraction of sp³-hybridized carbons (Fsp3) is 0.396. The van der Waals surface area contributed by atoms with E-state index in [0.29, 0.717) is 30.4 Å². The number of ether oxygens (including phenoxy) is 2. The third kappa shape index (κ3) is 13.3. The van der Waals surface area contributed by atoms with Gasteiger partial charge in [0.1, 0.15) is 16.6 Å². The number of phenolic OH excluding ortho intramolecular Hbond substituents is 1. The Kier molecular flexibility index (Phi) is 17.5. The van der Waals surface area contributed by atoms with E-state index in [1.807, 2.05) is 57.2 Å². The molecule has 0 saturated heterocycles. The molecule has 3 unspecified atom stereocenters. The van der Waals surface area contributed by atoms with Crippen LogP contribution in [0.25, 0.3) is 0 Å². The number of esters is 1. The summed E-state index contributed by atoms with van der Waals surface area (Å²) in [5.74, 6) is 3.39. The molecule has 5 aromatic rings. The van der Waals surface area contributed by atoms with Gasteiger partial charge in [-0.25, -0.2) is 0 Å². The van der Waals surface area contributed by atoms with Crippen LogP contribution in [0.2, 0.25) is 0 Å². The minimum absolute atomic E-state index is 0.0743. The average molecular weight is 816 g/mol. The molecule has 314 valence electrons. The molecule has 7 rings (SSSR count). The van der Waals surface area contributed by atoms with E-state index in [-0.39, 0.29) is 28.1 Å². The van der Waals surface area contributed by atoms with E-state index in [1.54, 1.807) is 12.1 Å². The standard InChI is InChI=1S/C18H13OS.C14H22.C11H18O3.C10H14O/c1-2-8-14(9-3-1)20-17-12-6-4-10-15(17)19-16-11-5-7-13-18(16)20;1-6-11(2)12-7-9-13(10-8-12)14(3,4)5;1-4-11(2,3)10(13)14-9-7-5-6-8(9)12;1-3-8(2)9-4-6-10(11)7-5-9/h1-13H;7-11H,6H2,1-5H3;9H,4-7H2,1-3H3;4-8,11H,3H2,1-2H3/q+1;;;. The Bertz CT molecular complexity index is 2000. The van der Waals surface area contributed by atoms with Gasteiger partial charge < -0.3 is 14.6 Å². The molecular formula is C53H67O5S+. The van der Waals surface area contributed by atoms with Crippen molar-refractivity contribution in [3.63, 3.8) is 0 Å². The van der Waals surface area contributed by atoms with Crippen molar-refractivity contribution in [3.8, 4) is 17.2 Å². The molecule has 59 heavy (non-hydrogen) atoms. The Morgan fingerprint density at radius 1 is 0.712 bits per heavy atom. The van der Waals surface area contributed by atoms with Crippen molar-refractivity contribution >= 4 is 22.6 Å². The van der Waals surface area contributed by atoms with Gasteiger partial charge in [-0.1, -0.05) is 134 Å². The molecule has 0 bridgehead atoms. The second kappa shape index (κ2) is 22.0. The smallest absolute Gasteiger partial charge is 0.312 e. The van der Waals surface area contributed by atoms with E-state index < -0.39 is 11.5 Å². The summed E-state index contributed by atoms with van der Waals surface area (Å²) < 4.78 is 11.2. The van der Waals surface area contributed by atoms with Crippen molar-refractivity contribution in [1.82, 2.24) is 0 Å². The maximum Gasteiger partial charge on any atom is 0.312 e. The minimum Gasteiger partial charge on any atom is -0.508 e. The molecule has 0 amide bonds. The Hall–Kier alpha value is -4.81. The van der Waals surface area contributed by atoms with Gasteiger partial charge in [0.25, 0.3) is 0 Å². The zero-order chi connectivity index (χ0) is 43.2. The summed E-state index contributed by atoms with van der Waals surface area (Å²) >= 11 is 0. The highest BCUT2D eigenvalue weighted by Crippen LogP contribution is 2.46. The Morgan fingerprint density at radius 3 is 1.63 bits per heavy atom. The Morgan fingerprint density at radius 2 is 1.19 bits per heavy atom. The molecule has 6 heteroatoms. The molecule has 0 spiro atoms. The summed E-state index contributed by atoms with van der Waals surface area (Å²) in [4.78, 5) is 26.7. The molecular weight excluding hydrogens is 749 g/mol. The van der Waals surface area contributed by atoms with Crippen molar-refractivity contribution in [2.45, 2.75) is 146 Å². The van der Waals surface area contributed by atoms with Gasteiger partial charge in [0.15, 0.2) is 28.3 Å². The first-order valence-electron chi connectivity index (χ1n) is 21.4. The van der Waals surface area contributed by atoms with Crippen LogP contribution in [0.5, 0.6) is 17.2 Å². The van der Waals surface area contributed by atoms with E-state index in [2.05, 4.69) is 127 Å². The fourth-order valence-electron chi connectivity index (χ4n) is 6.38. The maximum absolute atomic E-state index is 11.6. The summed E-state index contributed by atoms with van der Waals surface area (Å²) in [5, 5.41) is 9.01. The number of Topliss-reactive ketones (excluding diaryl/α,β-unsaturated/α-hetero) is 1. The molecule has 1 saturated carbocycles. The third-order valence-electron chi connectivity index (χ3n) is 11.3. The quantitative estimate of drug-likeness (QED) is 0.122. The van der Waals surface area contributed by atoms with E-state index in [0.717, 1.165) is 30.8 Å². The molecule has 1 aliphatic carbocycles. The molecule has 3 atom stereocenters. The Labute approximate surface area is 357 Å². The zero-order valence-electron chi connectivity index (χ0n) is 37.1. The summed E-state index contributed by atoms with van der Waals surface area (Å²) in [5.41, 5.74) is 3.98. The van der Waals surface area contributed by atoms with Crippen molar-refractivity contribution < 1.29 is 24.2 Å². The van der Waals surface area contributed by atoms with Crippen molar-refractivity contribution in [1.29, 1.82) is 0 Å². The highest BCUT2D eigenvalue weighted by atomic mass is 32.2. The molecule has 1 N–H and O–H groups in total. The number of fused-ring (bicyclic) bond motifs is 2. The number of ketones is 1.